The van der Waals surface area contributed by atoms with E-state index in [1.165, 1.54) is 0 Å². The van der Waals surface area contributed by atoms with Crippen LogP contribution in [-0.4, -0.2) is 26.5 Å². The lowest BCUT2D eigenvalue weighted by Crippen LogP contribution is -2.30. The van der Waals surface area contributed by atoms with Crippen molar-refractivity contribution in [3.05, 3.63) is 77.1 Å². The normalized spacial score (nSPS) is 11.9. The topological polar surface area (TPSA) is 83.6 Å². The molecule has 2 N–H and O–H groups in total. The van der Waals surface area contributed by atoms with E-state index in [0.29, 0.717) is 5.56 Å². The van der Waals surface area contributed by atoms with Crippen molar-refractivity contribution >= 4 is 5.91 Å². The van der Waals surface area contributed by atoms with E-state index in [1.807, 2.05) is 6.07 Å². The van der Waals surface area contributed by atoms with Gasteiger partial charge in [0.15, 0.2) is 0 Å². The monoisotopic (exact) mass is 315 g/mol. The van der Waals surface area contributed by atoms with Crippen molar-refractivity contribution in [3.63, 3.8) is 0 Å². The number of aromatic amines is 1. The van der Waals surface area contributed by atoms with Gasteiger partial charge in [-0.1, -0.05) is 35.5 Å². The number of hydrogen-bond donors (Lipinski definition) is 2. The number of tetrazole rings is 1. The largest absolute Gasteiger partial charge is 0.338 e. The van der Waals surface area contributed by atoms with Crippen molar-refractivity contribution < 1.29 is 13.6 Å². The Kier molecular flexibility index (Phi) is 4.05. The van der Waals surface area contributed by atoms with Crippen molar-refractivity contribution in [2.45, 2.75) is 6.04 Å². The molecule has 8 heteroatoms. The Hall–Kier alpha value is -3.16. The summed E-state index contributed by atoms with van der Waals surface area (Å²) in [6, 6.07) is 10.8. The fourth-order valence-corrected chi connectivity index (χ4v) is 2.11. The van der Waals surface area contributed by atoms with Crippen LogP contribution in [0.1, 0.15) is 27.8 Å². The number of nitrogens with zero attached hydrogens (tertiary/aromatic N) is 3. The lowest BCUT2D eigenvalue weighted by molar-refractivity contribution is 0.0937. The highest BCUT2D eigenvalue weighted by Gasteiger charge is 2.23. The van der Waals surface area contributed by atoms with Crippen LogP contribution in [-0.2, 0) is 0 Å². The van der Waals surface area contributed by atoms with Gasteiger partial charge in [-0.25, -0.2) is 8.78 Å². The Bertz CT molecular complexity index is 808. The number of aromatic nitrogens is 4. The van der Waals surface area contributed by atoms with Gasteiger partial charge in [-0.2, -0.15) is 5.21 Å². The van der Waals surface area contributed by atoms with E-state index in [0.717, 1.165) is 18.2 Å². The molecule has 3 aromatic rings. The molecule has 1 amide bonds. The highest BCUT2D eigenvalue weighted by Crippen LogP contribution is 2.19. The second-order valence-electron chi connectivity index (χ2n) is 4.71. The first-order valence-corrected chi connectivity index (χ1v) is 6.69. The molecule has 116 valence electrons. The molecule has 0 spiro atoms. The quantitative estimate of drug-likeness (QED) is 0.771. The molecule has 0 aliphatic heterocycles. The van der Waals surface area contributed by atoms with Crippen LogP contribution in [0.2, 0.25) is 0 Å². The highest BCUT2D eigenvalue weighted by molar-refractivity contribution is 5.94. The fraction of sp³-hybridized carbons (Fsp3) is 0.0667. The van der Waals surface area contributed by atoms with Crippen LogP contribution in [0.5, 0.6) is 0 Å². The molecule has 0 fully saturated rings. The average Bonchev–Trinajstić information content (AvgIpc) is 3.09. The van der Waals surface area contributed by atoms with Gasteiger partial charge in [-0.3, -0.25) is 4.79 Å². The molecule has 0 radical (unpaired) electrons. The minimum Gasteiger partial charge on any atom is -0.338 e. The molecule has 6 nitrogen and oxygen atoms in total. The molecule has 3 rings (SSSR count). The summed E-state index contributed by atoms with van der Waals surface area (Å²) in [5.41, 5.74) is 0.286. The molecular weight excluding hydrogens is 304 g/mol. The number of H-pyrrole nitrogens is 1. The van der Waals surface area contributed by atoms with Gasteiger partial charge in [0.25, 0.3) is 5.91 Å². The van der Waals surface area contributed by atoms with Crippen molar-refractivity contribution in [2.75, 3.05) is 0 Å². The first kappa shape index (κ1) is 14.8. The maximum absolute atomic E-state index is 13.7. The summed E-state index contributed by atoms with van der Waals surface area (Å²) in [6.07, 6.45) is 0. The summed E-state index contributed by atoms with van der Waals surface area (Å²) in [5, 5.41) is 16.0. The van der Waals surface area contributed by atoms with Gasteiger partial charge in [0.05, 0.1) is 5.56 Å². The lowest BCUT2D eigenvalue weighted by Gasteiger charge is -2.16. The van der Waals surface area contributed by atoms with Crippen molar-refractivity contribution in [1.82, 2.24) is 25.9 Å². The minimum absolute atomic E-state index is 0.210. The fourth-order valence-electron chi connectivity index (χ4n) is 2.11. The van der Waals surface area contributed by atoms with E-state index < -0.39 is 29.1 Å². The molecule has 0 saturated heterocycles. The third kappa shape index (κ3) is 3.20. The van der Waals surface area contributed by atoms with E-state index in [4.69, 9.17) is 0 Å². The molecule has 0 aliphatic carbocycles. The van der Waals surface area contributed by atoms with Crippen molar-refractivity contribution in [1.29, 1.82) is 0 Å². The number of rotatable bonds is 4. The summed E-state index contributed by atoms with van der Waals surface area (Å²) in [6.45, 7) is 0. The molecule has 2 aromatic carbocycles. The first-order valence-electron chi connectivity index (χ1n) is 6.69. The summed E-state index contributed by atoms with van der Waals surface area (Å²) in [5.74, 6) is -2.08. The SMILES string of the molecule is O=C(NC(c1ccccc1)c1nn[nH]n1)c1cc(F)ccc1F. The second kappa shape index (κ2) is 6.30. The lowest BCUT2D eigenvalue weighted by atomic mass is 10.1. The maximum Gasteiger partial charge on any atom is 0.255 e. The molecule has 0 saturated carbocycles. The Morgan fingerprint density at radius 3 is 2.61 bits per heavy atom. The van der Waals surface area contributed by atoms with E-state index in [1.54, 1.807) is 24.3 Å². The van der Waals surface area contributed by atoms with Crippen LogP contribution in [0.4, 0.5) is 8.78 Å². The van der Waals surface area contributed by atoms with Crippen molar-refractivity contribution in [2.24, 2.45) is 0 Å². The first-order chi connectivity index (χ1) is 11.1. The Labute approximate surface area is 129 Å². The van der Waals surface area contributed by atoms with Crippen LogP contribution in [0.25, 0.3) is 0 Å². The van der Waals surface area contributed by atoms with Gasteiger partial charge >= 0.3 is 0 Å². The van der Waals surface area contributed by atoms with Crippen LogP contribution in [0, 0.1) is 11.6 Å². The number of amides is 1. The standard InChI is InChI=1S/C15H11F2N5O/c16-10-6-7-12(17)11(8-10)15(23)18-13(14-19-21-22-20-14)9-4-2-1-3-5-9/h1-8,13H,(H,18,23)(H,19,20,21,22). The number of halogens is 2. The van der Waals surface area contributed by atoms with Gasteiger partial charge in [-0.15, -0.1) is 10.2 Å². The number of nitrogens with one attached hydrogen (secondary N) is 2. The molecule has 1 atom stereocenters. The van der Waals surface area contributed by atoms with Crippen molar-refractivity contribution in [3.8, 4) is 0 Å². The van der Waals surface area contributed by atoms with Gasteiger partial charge in [0.2, 0.25) is 5.82 Å². The highest BCUT2D eigenvalue weighted by atomic mass is 19.1. The van der Waals surface area contributed by atoms with E-state index in [2.05, 4.69) is 25.9 Å². The minimum atomic E-state index is -0.816. The van der Waals surface area contributed by atoms with E-state index in [-0.39, 0.29) is 5.82 Å². The third-order valence-corrected chi connectivity index (χ3v) is 3.20. The zero-order chi connectivity index (χ0) is 16.2. The summed E-state index contributed by atoms with van der Waals surface area (Å²) >= 11 is 0. The molecule has 1 heterocycles. The Morgan fingerprint density at radius 1 is 1.13 bits per heavy atom. The summed E-state index contributed by atoms with van der Waals surface area (Å²) in [7, 11) is 0. The number of carbonyl (C=O) groups is 1. The van der Waals surface area contributed by atoms with Gasteiger partial charge in [0, 0.05) is 0 Å². The third-order valence-electron chi connectivity index (χ3n) is 3.20. The average molecular weight is 315 g/mol. The Balaban J connectivity index is 1.93. The zero-order valence-electron chi connectivity index (χ0n) is 11.7. The van der Waals surface area contributed by atoms with E-state index >= 15 is 0 Å². The van der Waals surface area contributed by atoms with Gasteiger partial charge < -0.3 is 5.32 Å². The second-order valence-corrected chi connectivity index (χ2v) is 4.71. The van der Waals surface area contributed by atoms with Crippen LogP contribution in [0.3, 0.4) is 0 Å². The van der Waals surface area contributed by atoms with E-state index in [9.17, 15) is 13.6 Å². The molecular formula is C15H11F2N5O. The number of benzene rings is 2. The molecule has 0 bridgehead atoms. The van der Waals surface area contributed by atoms with Gasteiger partial charge in [-0.05, 0) is 23.8 Å². The van der Waals surface area contributed by atoms with Gasteiger partial charge in [0.1, 0.15) is 17.7 Å². The smallest absolute Gasteiger partial charge is 0.255 e. The number of carbonyl (C=O) groups excluding carboxylic acids is 1. The maximum atomic E-state index is 13.7. The number of hydrogen-bond acceptors (Lipinski definition) is 4. The van der Waals surface area contributed by atoms with Crippen LogP contribution >= 0.6 is 0 Å². The summed E-state index contributed by atoms with van der Waals surface area (Å²) < 4.78 is 27.0. The molecule has 0 aliphatic rings. The predicted octanol–water partition coefficient (Wildman–Crippen LogP) is 2.00. The predicted molar refractivity (Wildman–Crippen MR) is 76.3 cm³/mol. The molecule has 1 unspecified atom stereocenters. The van der Waals surface area contributed by atoms with Crippen LogP contribution < -0.4 is 5.32 Å². The van der Waals surface area contributed by atoms with Crippen LogP contribution in [0.15, 0.2) is 48.5 Å². The zero-order valence-corrected chi connectivity index (χ0v) is 11.7. The molecule has 1 aromatic heterocycles. The molecule has 23 heavy (non-hydrogen) atoms. The summed E-state index contributed by atoms with van der Waals surface area (Å²) in [4.78, 5) is 12.3. The Morgan fingerprint density at radius 2 is 1.91 bits per heavy atom.